The number of hydrogen-bond acceptors (Lipinski definition) is 5. The van der Waals surface area contributed by atoms with Crippen LogP contribution in [0, 0.1) is 0 Å². The van der Waals surface area contributed by atoms with Crippen molar-refractivity contribution in [3.05, 3.63) is 17.5 Å². The monoisotopic (exact) mass is 318 g/mol. The van der Waals surface area contributed by atoms with Crippen LogP contribution < -0.4 is 4.72 Å². The number of β-amino-alcohol motifs (C(OH)–C–C–N with tert-alkyl or cyclic N) is 1. The molecule has 1 amide bonds. The van der Waals surface area contributed by atoms with E-state index in [1.165, 1.54) is 6.07 Å². The molecule has 0 bridgehead atoms. The van der Waals surface area contributed by atoms with E-state index in [0.29, 0.717) is 19.5 Å². The van der Waals surface area contributed by atoms with E-state index in [-0.39, 0.29) is 23.1 Å². The van der Waals surface area contributed by atoms with Crippen molar-refractivity contribution >= 4 is 27.3 Å². The summed E-state index contributed by atoms with van der Waals surface area (Å²) in [7, 11) is -3.51. The maximum Gasteiger partial charge on any atom is 0.250 e. The van der Waals surface area contributed by atoms with Gasteiger partial charge in [-0.05, 0) is 17.9 Å². The average molecular weight is 318 g/mol. The third-order valence-corrected chi connectivity index (χ3v) is 6.23. The highest BCUT2D eigenvalue weighted by Gasteiger charge is 2.41. The Balaban J connectivity index is 1.76. The zero-order valence-electron chi connectivity index (χ0n) is 11.2. The minimum Gasteiger partial charge on any atom is -0.386 e. The van der Waals surface area contributed by atoms with Gasteiger partial charge in [0.2, 0.25) is 15.9 Å². The first-order chi connectivity index (χ1) is 9.36. The maximum absolute atomic E-state index is 11.8. The number of hydrogen-bond donors (Lipinski definition) is 2. The molecule has 8 heteroatoms. The van der Waals surface area contributed by atoms with Crippen molar-refractivity contribution in [1.29, 1.82) is 0 Å². The van der Waals surface area contributed by atoms with Crippen LogP contribution in [0.15, 0.2) is 21.7 Å². The third kappa shape index (κ3) is 3.38. The van der Waals surface area contributed by atoms with Crippen molar-refractivity contribution < 1.29 is 18.3 Å². The van der Waals surface area contributed by atoms with Crippen LogP contribution in [0.2, 0.25) is 0 Å². The molecule has 0 atom stereocenters. The van der Waals surface area contributed by atoms with Crippen molar-refractivity contribution in [1.82, 2.24) is 9.62 Å². The molecular weight excluding hydrogens is 300 g/mol. The highest BCUT2D eigenvalue weighted by molar-refractivity contribution is 7.91. The van der Waals surface area contributed by atoms with Gasteiger partial charge in [-0.3, -0.25) is 4.79 Å². The predicted octanol–water partition coefficient (Wildman–Crippen LogP) is 0.400. The molecule has 0 radical (unpaired) electrons. The summed E-state index contributed by atoms with van der Waals surface area (Å²) in [6.07, 6.45) is 0.714. The molecule has 2 rings (SSSR count). The minimum atomic E-state index is -3.51. The van der Waals surface area contributed by atoms with E-state index in [2.05, 4.69) is 4.72 Å². The first-order valence-corrected chi connectivity index (χ1v) is 8.76. The van der Waals surface area contributed by atoms with E-state index < -0.39 is 15.6 Å². The van der Waals surface area contributed by atoms with Gasteiger partial charge in [0, 0.05) is 13.0 Å². The number of thiophene rings is 1. The second-order valence-corrected chi connectivity index (χ2v) is 7.85. The molecular formula is C12H18N2O4S2. The molecule has 1 saturated heterocycles. The molecule has 20 heavy (non-hydrogen) atoms. The lowest BCUT2D eigenvalue weighted by Crippen LogP contribution is -2.63. The summed E-state index contributed by atoms with van der Waals surface area (Å²) in [6, 6.07) is 3.18. The quantitative estimate of drug-likeness (QED) is 0.795. The predicted molar refractivity (Wildman–Crippen MR) is 75.9 cm³/mol. The van der Waals surface area contributed by atoms with Crippen molar-refractivity contribution in [3.63, 3.8) is 0 Å². The van der Waals surface area contributed by atoms with Crippen molar-refractivity contribution in [2.75, 3.05) is 19.6 Å². The van der Waals surface area contributed by atoms with E-state index in [1.54, 1.807) is 16.3 Å². The Labute approximate surface area is 122 Å². The maximum atomic E-state index is 11.8. The highest BCUT2D eigenvalue weighted by atomic mass is 32.2. The summed E-state index contributed by atoms with van der Waals surface area (Å²) in [5.41, 5.74) is -0.758. The molecule has 6 nitrogen and oxygen atoms in total. The Kier molecular flexibility index (Phi) is 4.48. The van der Waals surface area contributed by atoms with E-state index in [0.717, 1.165) is 11.3 Å². The average Bonchev–Trinajstić information content (AvgIpc) is 2.89. The molecule has 0 saturated carbocycles. The van der Waals surface area contributed by atoms with Gasteiger partial charge in [0.1, 0.15) is 4.21 Å². The number of nitrogens with zero attached hydrogens (tertiary/aromatic N) is 1. The van der Waals surface area contributed by atoms with Crippen molar-refractivity contribution in [3.8, 4) is 0 Å². The second-order valence-electron chi connectivity index (χ2n) is 4.91. The van der Waals surface area contributed by atoms with Crippen LogP contribution in [-0.4, -0.2) is 49.6 Å². The van der Waals surface area contributed by atoms with Crippen LogP contribution in [0.4, 0.5) is 0 Å². The van der Waals surface area contributed by atoms with E-state index in [9.17, 15) is 18.3 Å². The number of carbonyl (C=O) groups is 1. The lowest BCUT2D eigenvalue weighted by molar-refractivity contribution is -0.155. The number of aliphatic hydroxyl groups is 1. The van der Waals surface area contributed by atoms with E-state index in [1.807, 2.05) is 6.92 Å². The Morgan fingerprint density at radius 1 is 1.55 bits per heavy atom. The van der Waals surface area contributed by atoms with Crippen LogP contribution in [0.3, 0.4) is 0 Å². The Bertz CT molecular complexity index is 562. The lowest BCUT2D eigenvalue weighted by atomic mass is 9.91. The van der Waals surface area contributed by atoms with Crippen LogP contribution in [0.25, 0.3) is 0 Å². The van der Waals surface area contributed by atoms with Gasteiger partial charge in [-0.25, -0.2) is 13.1 Å². The smallest absolute Gasteiger partial charge is 0.250 e. The summed E-state index contributed by atoms with van der Waals surface area (Å²) in [5, 5.41) is 11.5. The summed E-state index contributed by atoms with van der Waals surface area (Å²) in [5.74, 6) is -0.142. The Morgan fingerprint density at radius 2 is 2.25 bits per heavy atom. The largest absolute Gasteiger partial charge is 0.386 e. The summed E-state index contributed by atoms with van der Waals surface area (Å²) in [6.45, 7) is 2.61. The van der Waals surface area contributed by atoms with Gasteiger partial charge >= 0.3 is 0 Å². The molecule has 1 aliphatic rings. The first-order valence-electron chi connectivity index (χ1n) is 6.40. The van der Waals surface area contributed by atoms with Gasteiger partial charge < -0.3 is 10.0 Å². The third-order valence-electron chi connectivity index (χ3n) is 3.37. The summed E-state index contributed by atoms with van der Waals surface area (Å²) in [4.78, 5) is 13.3. The molecule has 2 N–H and O–H groups in total. The SMILES string of the molecule is CCC1(O)CN(C(=O)CCNS(=O)(=O)c2cccs2)C1. The molecule has 0 aliphatic carbocycles. The zero-order valence-corrected chi connectivity index (χ0v) is 12.8. The van der Waals surface area contributed by atoms with Crippen LogP contribution in [0.5, 0.6) is 0 Å². The highest BCUT2D eigenvalue weighted by Crippen LogP contribution is 2.24. The lowest BCUT2D eigenvalue weighted by Gasteiger charge is -2.46. The van der Waals surface area contributed by atoms with E-state index in [4.69, 9.17) is 0 Å². The topological polar surface area (TPSA) is 86.7 Å². The molecule has 0 spiro atoms. The van der Waals surface area contributed by atoms with Gasteiger partial charge in [-0.15, -0.1) is 11.3 Å². The fourth-order valence-electron chi connectivity index (χ4n) is 2.00. The number of carbonyl (C=O) groups excluding carboxylic acids is 1. The van der Waals surface area contributed by atoms with Gasteiger partial charge in [-0.1, -0.05) is 13.0 Å². The Morgan fingerprint density at radius 3 is 2.80 bits per heavy atom. The van der Waals surface area contributed by atoms with Crippen LogP contribution >= 0.6 is 11.3 Å². The standard InChI is InChI=1S/C12H18N2O4S2/c1-2-12(16)8-14(9-12)10(15)5-6-13-20(17,18)11-4-3-7-19-11/h3-4,7,13,16H,2,5-6,8-9H2,1H3. The number of nitrogens with one attached hydrogen (secondary N) is 1. The zero-order chi connectivity index (χ0) is 14.8. The molecule has 112 valence electrons. The van der Waals surface area contributed by atoms with Crippen LogP contribution in [-0.2, 0) is 14.8 Å². The van der Waals surface area contributed by atoms with Gasteiger partial charge in [-0.2, -0.15) is 0 Å². The molecule has 1 aromatic heterocycles. The van der Waals surface area contributed by atoms with Gasteiger partial charge in [0.05, 0.1) is 18.7 Å². The van der Waals surface area contributed by atoms with Crippen LogP contribution in [0.1, 0.15) is 19.8 Å². The number of rotatable bonds is 6. The van der Waals surface area contributed by atoms with Crippen molar-refractivity contribution in [2.45, 2.75) is 29.6 Å². The van der Waals surface area contributed by atoms with Gasteiger partial charge in [0.25, 0.3) is 0 Å². The van der Waals surface area contributed by atoms with Gasteiger partial charge in [0.15, 0.2) is 0 Å². The number of likely N-dealkylation sites (tertiary alicyclic amines) is 1. The first kappa shape index (κ1) is 15.4. The molecule has 1 aromatic rings. The molecule has 0 unspecified atom stereocenters. The number of sulfonamides is 1. The normalized spacial score (nSPS) is 17.8. The second kappa shape index (κ2) is 5.80. The fraction of sp³-hybridized carbons (Fsp3) is 0.583. The Hall–Kier alpha value is -0.960. The van der Waals surface area contributed by atoms with Crippen molar-refractivity contribution in [2.24, 2.45) is 0 Å². The molecule has 2 heterocycles. The van der Waals surface area contributed by atoms with E-state index >= 15 is 0 Å². The molecule has 1 aliphatic heterocycles. The summed E-state index contributed by atoms with van der Waals surface area (Å²) >= 11 is 1.13. The molecule has 0 aromatic carbocycles. The summed E-state index contributed by atoms with van der Waals surface area (Å²) < 4.78 is 26.3. The number of amides is 1. The fourth-order valence-corrected chi connectivity index (χ4v) is 4.07. The molecule has 1 fully saturated rings. The minimum absolute atomic E-state index is 0.0696.